The zero-order chi connectivity index (χ0) is 18.5. The van der Waals surface area contributed by atoms with Crippen LogP contribution in [0.5, 0.6) is 0 Å². The molecule has 6 nitrogen and oxygen atoms in total. The molecule has 0 radical (unpaired) electrons. The second kappa shape index (κ2) is 8.19. The van der Waals surface area contributed by atoms with E-state index in [9.17, 15) is 14.9 Å². The van der Waals surface area contributed by atoms with Gasteiger partial charge in [-0.25, -0.2) is 0 Å². The minimum atomic E-state index is -0.438. The van der Waals surface area contributed by atoms with Crippen molar-refractivity contribution < 1.29 is 9.72 Å². The molecule has 0 bridgehead atoms. The number of halogens is 1. The predicted molar refractivity (Wildman–Crippen MR) is 101 cm³/mol. The molecule has 2 N–H and O–H groups in total. The number of anilines is 1. The van der Waals surface area contributed by atoms with Gasteiger partial charge in [-0.2, -0.15) is 0 Å². The number of amides is 1. The van der Waals surface area contributed by atoms with Crippen molar-refractivity contribution in [3.8, 4) is 0 Å². The number of para-hydroxylation sites is 2. The number of hydrogen-bond donors (Lipinski definition) is 2. The molecule has 1 fully saturated rings. The van der Waals surface area contributed by atoms with Gasteiger partial charge in [0.15, 0.2) is 0 Å². The molecule has 1 saturated carbocycles. The molecule has 1 aliphatic rings. The van der Waals surface area contributed by atoms with Crippen LogP contribution in [-0.4, -0.2) is 17.4 Å². The number of rotatable bonds is 8. The Morgan fingerprint density at radius 2 is 1.88 bits per heavy atom. The van der Waals surface area contributed by atoms with Gasteiger partial charge in [0.1, 0.15) is 5.69 Å². The van der Waals surface area contributed by atoms with E-state index in [1.165, 1.54) is 6.07 Å². The second-order valence-electron chi connectivity index (χ2n) is 6.39. The van der Waals surface area contributed by atoms with E-state index < -0.39 is 4.92 Å². The zero-order valence-electron chi connectivity index (χ0n) is 14.2. The van der Waals surface area contributed by atoms with E-state index in [0.29, 0.717) is 23.2 Å². The Balaban J connectivity index is 1.55. The van der Waals surface area contributed by atoms with E-state index in [2.05, 4.69) is 10.6 Å². The van der Waals surface area contributed by atoms with Crippen LogP contribution >= 0.6 is 11.6 Å². The lowest BCUT2D eigenvalue weighted by atomic mass is 10.0. The van der Waals surface area contributed by atoms with Crippen molar-refractivity contribution in [2.75, 3.05) is 11.9 Å². The first kappa shape index (κ1) is 18.2. The van der Waals surface area contributed by atoms with E-state index in [1.54, 1.807) is 18.2 Å². The summed E-state index contributed by atoms with van der Waals surface area (Å²) in [6.07, 6.45) is 2.44. The van der Waals surface area contributed by atoms with Gasteiger partial charge in [-0.15, -0.1) is 0 Å². The molecule has 2 aromatic carbocycles. The number of nitrogens with zero attached hydrogens (tertiary/aromatic N) is 1. The van der Waals surface area contributed by atoms with Gasteiger partial charge < -0.3 is 10.6 Å². The Bertz CT molecular complexity index is 791. The van der Waals surface area contributed by atoms with Gasteiger partial charge in [0.05, 0.1) is 11.0 Å². The van der Waals surface area contributed by atoms with Crippen LogP contribution in [0, 0.1) is 16.0 Å². The van der Waals surface area contributed by atoms with Crippen LogP contribution in [0.15, 0.2) is 48.5 Å². The molecule has 1 amide bonds. The SMILES string of the molecule is O=C(CCNc1ccccc1[N+](=O)[O-])NC(c1ccc(Cl)cc1)C1CC1. The highest BCUT2D eigenvalue weighted by atomic mass is 35.5. The Labute approximate surface area is 156 Å². The molecule has 1 atom stereocenters. The molecule has 0 aliphatic heterocycles. The van der Waals surface area contributed by atoms with E-state index in [-0.39, 0.29) is 24.1 Å². The van der Waals surface area contributed by atoms with E-state index in [0.717, 1.165) is 18.4 Å². The smallest absolute Gasteiger partial charge is 0.292 e. The molecule has 0 saturated heterocycles. The fourth-order valence-electron chi connectivity index (χ4n) is 2.91. The molecule has 1 aliphatic carbocycles. The first-order chi connectivity index (χ1) is 12.5. The van der Waals surface area contributed by atoms with Crippen molar-refractivity contribution in [1.82, 2.24) is 5.32 Å². The Morgan fingerprint density at radius 1 is 1.19 bits per heavy atom. The van der Waals surface area contributed by atoms with Gasteiger partial charge >= 0.3 is 0 Å². The van der Waals surface area contributed by atoms with Gasteiger partial charge in [0.25, 0.3) is 5.69 Å². The van der Waals surface area contributed by atoms with Crippen LogP contribution in [0.25, 0.3) is 0 Å². The summed E-state index contributed by atoms with van der Waals surface area (Å²) in [6.45, 7) is 0.328. The molecule has 2 aromatic rings. The van der Waals surface area contributed by atoms with Crippen molar-refractivity contribution in [1.29, 1.82) is 0 Å². The van der Waals surface area contributed by atoms with E-state index >= 15 is 0 Å². The first-order valence-corrected chi connectivity index (χ1v) is 8.94. The quantitative estimate of drug-likeness (QED) is 0.533. The number of benzene rings is 2. The van der Waals surface area contributed by atoms with Gasteiger partial charge in [0.2, 0.25) is 5.91 Å². The molecule has 3 rings (SSSR count). The van der Waals surface area contributed by atoms with Gasteiger partial charge in [-0.3, -0.25) is 14.9 Å². The summed E-state index contributed by atoms with van der Waals surface area (Å²) in [4.78, 5) is 22.9. The maximum absolute atomic E-state index is 12.3. The van der Waals surface area contributed by atoms with Crippen LogP contribution in [0.3, 0.4) is 0 Å². The highest BCUT2D eigenvalue weighted by Gasteiger charge is 2.33. The Kier molecular flexibility index (Phi) is 5.73. The summed E-state index contributed by atoms with van der Waals surface area (Å²) in [5.74, 6) is 0.381. The van der Waals surface area contributed by atoms with Crippen LogP contribution < -0.4 is 10.6 Å². The second-order valence-corrected chi connectivity index (χ2v) is 6.82. The van der Waals surface area contributed by atoms with Crippen molar-refractivity contribution in [3.05, 3.63) is 69.2 Å². The van der Waals surface area contributed by atoms with Crippen LogP contribution in [0.1, 0.15) is 30.9 Å². The van der Waals surface area contributed by atoms with Gasteiger partial charge in [-0.05, 0) is 42.5 Å². The van der Waals surface area contributed by atoms with Crippen molar-refractivity contribution in [3.63, 3.8) is 0 Å². The fourth-order valence-corrected chi connectivity index (χ4v) is 3.04. The molecule has 0 heterocycles. The molecule has 1 unspecified atom stereocenters. The third-order valence-electron chi connectivity index (χ3n) is 4.41. The van der Waals surface area contributed by atoms with Gasteiger partial charge in [0, 0.05) is 24.1 Å². The lowest BCUT2D eigenvalue weighted by molar-refractivity contribution is -0.384. The fraction of sp³-hybridized carbons (Fsp3) is 0.316. The lowest BCUT2D eigenvalue weighted by Crippen LogP contribution is -2.31. The molecule has 0 spiro atoms. The highest BCUT2D eigenvalue weighted by molar-refractivity contribution is 6.30. The summed E-state index contributed by atoms with van der Waals surface area (Å²) < 4.78 is 0. The number of nitro benzene ring substituents is 1. The summed E-state index contributed by atoms with van der Waals surface area (Å²) in [5.41, 5.74) is 1.48. The summed E-state index contributed by atoms with van der Waals surface area (Å²) in [5, 5.41) is 17.7. The third-order valence-corrected chi connectivity index (χ3v) is 4.66. The standard InChI is InChI=1S/C19H20ClN3O3/c20-15-9-7-14(8-10-15)19(13-5-6-13)22-18(24)11-12-21-16-3-1-2-4-17(16)23(25)26/h1-4,7-10,13,19,21H,5-6,11-12H2,(H,22,24). The Hall–Kier alpha value is -2.60. The maximum atomic E-state index is 12.3. The lowest BCUT2D eigenvalue weighted by Gasteiger charge is -2.19. The molecule has 136 valence electrons. The average Bonchev–Trinajstić information content (AvgIpc) is 3.46. The number of carbonyl (C=O) groups is 1. The number of carbonyl (C=O) groups excluding carboxylic acids is 1. The van der Waals surface area contributed by atoms with Crippen molar-refractivity contribution in [2.24, 2.45) is 5.92 Å². The van der Waals surface area contributed by atoms with Crippen LogP contribution in [-0.2, 0) is 4.79 Å². The highest BCUT2D eigenvalue weighted by Crippen LogP contribution is 2.41. The normalized spacial score (nSPS) is 14.5. The van der Waals surface area contributed by atoms with E-state index in [4.69, 9.17) is 11.6 Å². The zero-order valence-corrected chi connectivity index (χ0v) is 14.9. The largest absolute Gasteiger partial charge is 0.379 e. The van der Waals surface area contributed by atoms with Crippen molar-refractivity contribution in [2.45, 2.75) is 25.3 Å². The predicted octanol–water partition coefficient (Wildman–Crippen LogP) is 4.32. The van der Waals surface area contributed by atoms with Crippen LogP contribution in [0.2, 0.25) is 5.02 Å². The minimum absolute atomic E-state index is 0.00456. The maximum Gasteiger partial charge on any atom is 0.292 e. The molecule has 0 aromatic heterocycles. The summed E-state index contributed by atoms with van der Waals surface area (Å²) in [6, 6.07) is 13.9. The third kappa shape index (κ3) is 4.73. The molecular weight excluding hydrogens is 354 g/mol. The van der Waals surface area contributed by atoms with Crippen LogP contribution in [0.4, 0.5) is 11.4 Å². The monoisotopic (exact) mass is 373 g/mol. The molecule has 26 heavy (non-hydrogen) atoms. The average molecular weight is 374 g/mol. The summed E-state index contributed by atoms with van der Waals surface area (Å²) >= 11 is 5.94. The molecular formula is C19H20ClN3O3. The van der Waals surface area contributed by atoms with Gasteiger partial charge in [-0.1, -0.05) is 35.9 Å². The molecule has 7 heteroatoms. The minimum Gasteiger partial charge on any atom is -0.379 e. The Morgan fingerprint density at radius 3 is 2.54 bits per heavy atom. The topological polar surface area (TPSA) is 84.3 Å². The van der Waals surface area contributed by atoms with E-state index in [1.807, 2.05) is 24.3 Å². The first-order valence-electron chi connectivity index (χ1n) is 8.56. The van der Waals surface area contributed by atoms with Crippen molar-refractivity contribution >= 4 is 28.9 Å². The number of nitro groups is 1. The number of nitrogens with one attached hydrogen (secondary N) is 2. The summed E-state index contributed by atoms with van der Waals surface area (Å²) in [7, 11) is 0. The number of hydrogen-bond acceptors (Lipinski definition) is 4.